The predicted octanol–water partition coefficient (Wildman–Crippen LogP) is -0.334. The summed E-state index contributed by atoms with van der Waals surface area (Å²) in [5.74, 6) is -1.20. The summed E-state index contributed by atoms with van der Waals surface area (Å²) in [5.41, 5.74) is 1.80. The zero-order valence-corrected chi connectivity index (χ0v) is 17.2. The van der Waals surface area contributed by atoms with Gasteiger partial charge in [0.1, 0.15) is 5.54 Å². The van der Waals surface area contributed by atoms with Gasteiger partial charge in [-0.1, -0.05) is 37.3 Å². The number of carbonyl (C=O) groups is 4. The number of ether oxygens (including phenoxy) is 1. The first-order valence-electron chi connectivity index (χ1n) is 9.93. The van der Waals surface area contributed by atoms with E-state index >= 15 is 0 Å². The minimum absolute atomic E-state index is 0.0521. The number of rotatable bonds is 7. The number of urea groups is 1. The van der Waals surface area contributed by atoms with Crippen molar-refractivity contribution in [3.8, 4) is 0 Å². The second-order valence-corrected chi connectivity index (χ2v) is 7.40. The number of imide groups is 1. The summed E-state index contributed by atoms with van der Waals surface area (Å²) in [7, 11) is 1.63. The lowest BCUT2D eigenvalue weighted by Crippen LogP contribution is -2.52. The van der Waals surface area contributed by atoms with Crippen LogP contribution in [0.25, 0.3) is 0 Å². The highest BCUT2D eigenvalue weighted by atomic mass is 16.5. The van der Waals surface area contributed by atoms with Crippen LogP contribution in [-0.2, 0) is 24.7 Å². The van der Waals surface area contributed by atoms with Gasteiger partial charge in [0.2, 0.25) is 5.91 Å². The van der Waals surface area contributed by atoms with Gasteiger partial charge in [0.25, 0.3) is 11.8 Å². The molecule has 3 rings (SSSR count). The van der Waals surface area contributed by atoms with E-state index < -0.39 is 23.4 Å². The maximum Gasteiger partial charge on any atom is 0.344 e. The van der Waals surface area contributed by atoms with Crippen molar-refractivity contribution in [2.45, 2.75) is 18.9 Å². The van der Waals surface area contributed by atoms with Gasteiger partial charge in [-0.25, -0.2) is 4.79 Å². The Labute approximate surface area is 175 Å². The van der Waals surface area contributed by atoms with Crippen molar-refractivity contribution in [2.24, 2.45) is 0 Å². The van der Waals surface area contributed by atoms with Gasteiger partial charge >= 0.3 is 6.03 Å². The zero-order valence-electron chi connectivity index (χ0n) is 17.2. The number of likely N-dealkylation sites (N-methyl/N-ethyl adjacent to an activating group) is 1. The molecule has 0 unspecified atom stereocenters. The van der Waals surface area contributed by atoms with Crippen LogP contribution >= 0.6 is 0 Å². The highest BCUT2D eigenvalue weighted by Crippen LogP contribution is 2.31. The minimum atomic E-state index is -1.22. The van der Waals surface area contributed by atoms with E-state index in [9.17, 15) is 19.2 Å². The predicted molar refractivity (Wildman–Crippen MR) is 107 cm³/mol. The van der Waals surface area contributed by atoms with Crippen molar-refractivity contribution in [1.29, 1.82) is 0 Å². The number of morpholine rings is 1. The van der Waals surface area contributed by atoms with E-state index in [-0.39, 0.29) is 19.0 Å². The van der Waals surface area contributed by atoms with Crippen LogP contribution in [0.4, 0.5) is 4.79 Å². The number of nitrogens with one attached hydrogen (secondary N) is 2. The molecule has 1 aromatic rings. The van der Waals surface area contributed by atoms with E-state index in [1.165, 1.54) is 4.90 Å². The molecule has 2 aliphatic heterocycles. The fourth-order valence-corrected chi connectivity index (χ4v) is 3.64. The summed E-state index contributed by atoms with van der Waals surface area (Å²) in [6, 6.07) is 8.23. The van der Waals surface area contributed by atoms with Crippen molar-refractivity contribution >= 4 is 23.8 Å². The van der Waals surface area contributed by atoms with Crippen molar-refractivity contribution in [3.63, 3.8) is 0 Å². The van der Waals surface area contributed by atoms with E-state index in [1.54, 1.807) is 43.1 Å². The molecule has 0 spiro atoms. The maximum absolute atomic E-state index is 13.0. The van der Waals surface area contributed by atoms with E-state index in [0.29, 0.717) is 38.3 Å². The fourth-order valence-electron chi connectivity index (χ4n) is 3.64. The van der Waals surface area contributed by atoms with E-state index in [2.05, 4.69) is 10.7 Å². The Bertz CT molecular complexity index is 811. The maximum atomic E-state index is 13.0. The molecule has 10 nitrogen and oxygen atoms in total. The summed E-state index contributed by atoms with van der Waals surface area (Å²) in [5, 5.41) is 3.42. The van der Waals surface area contributed by atoms with Crippen LogP contribution in [0.2, 0.25) is 0 Å². The molecule has 1 atom stereocenters. The summed E-state index contributed by atoms with van der Waals surface area (Å²) in [4.78, 5) is 53.4. The molecule has 0 aromatic heterocycles. The molecule has 0 saturated carbocycles. The topological polar surface area (TPSA) is 111 Å². The fraction of sp³-hybridized carbons (Fsp3) is 0.500. The Kier molecular flexibility index (Phi) is 6.68. The molecule has 0 aliphatic carbocycles. The van der Waals surface area contributed by atoms with Crippen LogP contribution < -0.4 is 10.7 Å². The first kappa shape index (κ1) is 21.7. The van der Waals surface area contributed by atoms with Gasteiger partial charge < -0.3 is 15.0 Å². The zero-order chi connectivity index (χ0) is 21.7. The summed E-state index contributed by atoms with van der Waals surface area (Å²) in [6.45, 7) is 3.76. The van der Waals surface area contributed by atoms with Crippen molar-refractivity contribution in [2.75, 3.05) is 46.4 Å². The number of hydrogen-bond donors (Lipinski definition) is 2. The highest BCUT2D eigenvalue weighted by Gasteiger charge is 2.52. The van der Waals surface area contributed by atoms with Gasteiger partial charge in [-0.3, -0.25) is 24.7 Å². The molecule has 2 saturated heterocycles. The molecular weight excluding hydrogens is 390 g/mol. The van der Waals surface area contributed by atoms with Gasteiger partial charge in [0, 0.05) is 13.1 Å². The van der Waals surface area contributed by atoms with Gasteiger partial charge in [0.15, 0.2) is 0 Å². The molecule has 2 N–H and O–H groups in total. The molecule has 2 fully saturated rings. The summed E-state index contributed by atoms with van der Waals surface area (Å²) in [6.07, 6.45) is 0.335. The highest BCUT2D eigenvalue weighted by molar-refractivity contribution is 6.08. The first-order chi connectivity index (χ1) is 14.4. The first-order valence-corrected chi connectivity index (χ1v) is 9.93. The monoisotopic (exact) mass is 417 g/mol. The van der Waals surface area contributed by atoms with Crippen LogP contribution in [0.15, 0.2) is 30.3 Å². The summed E-state index contributed by atoms with van der Waals surface area (Å²) < 4.78 is 5.22. The van der Waals surface area contributed by atoms with E-state index in [0.717, 1.165) is 5.01 Å². The molecule has 5 amide bonds. The second-order valence-electron chi connectivity index (χ2n) is 7.40. The van der Waals surface area contributed by atoms with Crippen LogP contribution in [0.1, 0.15) is 18.9 Å². The van der Waals surface area contributed by atoms with Gasteiger partial charge in [0.05, 0.1) is 26.3 Å². The van der Waals surface area contributed by atoms with E-state index in [4.69, 9.17) is 4.74 Å². The van der Waals surface area contributed by atoms with Gasteiger partial charge in [-0.15, -0.1) is 0 Å². The Morgan fingerprint density at radius 3 is 2.47 bits per heavy atom. The molecule has 0 radical (unpaired) electrons. The minimum Gasteiger partial charge on any atom is -0.378 e. The molecule has 10 heteroatoms. The van der Waals surface area contributed by atoms with Crippen LogP contribution in [0, 0.1) is 0 Å². The third kappa shape index (κ3) is 4.44. The number of amides is 5. The molecule has 1 aromatic carbocycles. The van der Waals surface area contributed by atoms with Crippen molar-refractivity contribution in [1.82, 2.24) is 25.6 Å². The molecule has 0 bridgehead atoms. The summed E-state index contributed by atoms with van der Waals surface area (Å²) >= 11 is 0. The van der Waals surface area contributed by atoms with E-state index in [1.807, 2.05) is 6.07 Å². The Morgan fingerprint density at radius 2 is 1.83 bits per heavy atom. The number of benzene rings is 1. The average molecular weight is 417 g/mol. The number of hydrogen-bond acceptors (Lipinski definition) is 6. The SMILES string of the molecule is CC[C@@]1(c2ccccc2)NC(=O)N(NC(=O)CN(C)CC(=O)N2CCOCC2)C1=O. The lowest BCUT2D eigenvalue weighted by Gasteiger charge is -2.28. The molecule has 162 valence electrons. The lowest BCUT2D eigenvalue weighted by molar-refractivity contribution is -0.141. The number of hydrazine groups is 1. The average Bonchev–Trinajstić information content (AvgIpc) is 3.00. The smallest absolute Gasteiger partial charge is 0.344 e. The quantitative estimate of drug-likeness (QED) is 0.588. The molecule has 2 heterocycles. The second kappa shape index (κ2) is 9.23. The Morgan fingerprint density at radius 1 is 1.17 bits per heavy atom. The lowest BCUT2D eigenvalue weighted by atomic mass is 9.87. The molecule has 2 aliphatic rings. The van der Waals surface area contributed by atoms with Crippen LogP contribution in [0.3, 0.4) is 0 Å². The normalized spacial score (nSPS) is 21.7. The standard InChI is InChI=1S/C20H27N5O5/c1-3-20(15-7-5-4-6-8-15)18(28)25(19(29)21-20)22-16(26)13-23(2)14-17(27)24-9-11-30-12-10-24/h4-8H,3,9-14H2,1-2H3,(H,21,29)(H,22,26)/t20-/m0/s1. The number of nitrogens with zero attached hydrogens (tertiary/aromatic N) is 3. The molecular formula is C20H27N5O5. The van der Waals surface area contributed by atoms with Gasteiger partial charge in [-0.05, 0) is 19.0 Å². The third-order valence-corrected chi connectivity index (χ3v) is 5.31. The van der Waals surface area contributed by atoms with Crippen LogP contribution in [0.5, 0.6) is 0 Å². The third-order valence-electron chi connectivity index (χ3n) is 5.31. The Hall–Kier alpha value is -2.98. The van der Waals surface area contributed by atoms with Crippen molar-refractivity contribution < 1.29 is 23.9 Å². The van der Waals surface area contributed by atoms with Crippen LogP contribution in [-0.4, -0.2) is 85.0 Å². The molecule has 30 heavy (non-hydrogen) atoms. The van der Waals surface area contributed by atoms with Crippen molar-refractivity contribution in [3.05, 3.63) is 35.9 Å². The number of carbonyl (C=O) groups excluding carboxylic acids is 4. The Balaban J connectivity index is 1.59. The largest absolute Gasteiger partial charge is 0.378 e. The van der Waals surface area contributed by atoms with Gasteiger partial charge in [-0.2, -0.15) is 5.01 Å².